The number of aliphatic carboxylic acids is 1. The first-order valence-corrected chi connectivity index (χ1v) is 11.3. The maximum Gasteiger partial charge on any atom is 0.411 e. The molecule has 2 amide bonds. The van der Waals surface area contributed by atoms with Crippen molar-refractivity contribution in [1.82, 2.24) is 4.90 Å². The number of halogens is 1. The fraction of sp³-hybridized carbons (Fsp3) is 0.222. The number of fused-ring (bicyclic) bond motifs is 3. The highest BCUT2D eigenvalue weighted by Gasteiger charge is 2.29. The third kappa shape index (κ3) is 5.16. The van der Waals surface area contributed by atoms with Crippen molar-refractivity contribution in [3.05, 3.63) is 89.2 Å². The summed E-state index contributed by atoms with van der Waals surface area (Å²) >= 11 is 0. The number of hydrogen-bond donors (Lipinski definition) is 2. The van der Waals surface area contributed by atoms with Gasteiger partial charge in [0.25, 0.3) is 5.91 Å². The van der Waals surface area contributed by atoms with Gasteiger partial charge in [0.15, 0.2) is 0 Å². The minimum Gasteiger partial charge on any atom is -0.481 e. The molecule has 0 saturated heterocycles. The van der Waals surface area contributed by atoms with Gasteiger partial charge in [-0.2, -0.15) is 0 Å². The van der Waals surface area contributed by atoms with Crippen LogP contribution in [-0.4, -0.2) is 47.7 Å². The molecule has 0 spiro atoms. The molecule has 2 N–H and O–H groups in total. The predicted octanol–water partition coefficient (Wildman–Crippen LogP) is 5.12. The van der Waals surface area contributed by atoms with Gasteiger partial charge < -0.3 is 14.7 Å². The average Bonchev–Trinajstić information content (AvgIpc) is 3.16. The van der Waals surface area contributed by atoms with E-state index in [0.29, 0.717) is 0 Å². The summed E-state index contributed by atoms with van der Waals surface area (Å²) in [6, 6.07) is 19.7. The molecule has 0 bridgehead atoms. The Morgan fingerprint density at radius 2 is 1.63 bits per heavy atom. The molecule has 0 atom stereocenters. The van der Waals surface area contributed by atoms with E-state index in [9.17, 15) is 18.8 Å². The molecule has 7 nitrogen and oxygen atoms in total. The molecule has 35 heavy (non-hydrogen) atoms. The van der Waals surface area contributed by atoms with Crippen LogP contribution in [0.2, 0.25) is 0 Å². The second-order valence-corrected chi connectivity index (χ2v) is 8.17. The van der Waals surface area contributed by atoms with Gasteiger partial charge in [0.1, 0.15) is 12.4 Å². The fourth-order valence-electron chi connectivity index (χ4n) is 4.32. The van der Waals surface area contributed by atoms with Gasteiger partial charge in [-0.05, 0) is 47.4 Å². The van der Waals surface area contributed by atoms with Crippen LogP contribution in [0, 0.1) is 5.82 Å². The van der Waals surface area contributed by atoms with Gasteiger partial charge in [0, 0.05) is 24.7 Å². The fourth-order valence-corrected chi connectivity index (χ4v) is 4.32. The van der Waals surface area contributed by atoms with Crippen molar-refractivity contribution in [3.63, 3.8) is 0 Å². The molecule has 0 unspecified atom stereocenters. The molecule has 4 rings (SSSR count). The molecule has 3 aromatic rings. The van der Waals surface area contributed by atoms with Gasteiger partial charge in [-0.3, -0.25) is 14.9 Å². The Bertz CT molecular complexity index is 1230. The first-order valence-electron chi connectivity index (χ1n) is 11.3. The van der Waals surface area contributed by atoms with Crippen LogP contribution >= 0.6 is 0 Å². The number of hydrogen-bond acceptors (Lipinski definition) is 4. The van der Waals surface area contributed by atoms with E-state index in [-0.39, 0.29) is 43.3 Å². The number of benzene rings is 3. The summed E-state index contributed by atoms with van der Waals surface area (Å²) in [7, 11) is 0. The summed E-state index contributed by atoms with van der Waals surface area (Å²) in [6.07, 6.45) is -0.968. The van der Waals surface area contributed by atoms with Crippen molar-refractivity contribution in [1.29, 1.82) is 0 Å². The van der Waals surface area contributed by atoms with Crippen LogP contribution < -0.4 is 5.32 Å². The highest BCUT2D eigenvalue weighted by molar-refractivity contribution is 5.95. The lowest BCUT2D eigenvalue weighted by Gasteiger charge is -2.20. The van der Waals surface area contributed by atoms with Gasteiger partial charge in [-0.25, -0.2) is 9.18 Å². The summed E-state index contributed by atoms with van der Waals surface area (Å²) < 4.78 is 20.1. The van der Waals surface area contributed by atoms with E-state index in [0.717, 1.165) is 28.3 Å². The normalized spacial score (nSPS) is 11.9. The van der Waals surface area contributed by atoms with Gasteiger partial charge in [-0.1, -0.05) is 48.5 Å². The van der Waals surface area contributed by atoms with Crippen LogP contribution in [-0.2, 0) is 9.53 Å². The van der Waals surface area contributed by atoms with Crippen LogP contribution in [0.25, 0.3) is 11.1 Å². The van der Waals surface area contributed by atoms with E-state index in [4.69, 9.17) is 9.84 Å². The average molecular weight is 477 g/mol. The third-order valence-electron chi connectivity index (χ3n) is 6.05. The number of ether oxygens (including phenoxy) is 1. The molecule has 0 aromatic heterocycles. The Kier molecular flexibility index (Phi) is 7.10. The van der Waals surface area contributed by atoms with Crippen LogP contribution in [0.3, 0.4) is 0 Å². The first-order chi connectivity index (χ1) is 16.9. The minimum atomic E-state index is -1.04. The summed E-state index contributed by atoms with van der Waals surface area (Å²) in [5.41, 5.74) is 4.34. The molecule has 0 radical (unpaired) electrons. The van der Waals surface area contributed by atoms with Crippen molar-refractivity contribution in [3.8, 4) is 11.1 Å². The maximum atomic E-state index is 14.7. The highest BCUT2D eigenvalue weighted by atomic mass is 19.1. The maximum absolute atomic E-state index is 14.7. The minimum absolute atomic E-state index is 0.0240. The van der Waals surface area contributed by atoms with E-state index in [1.54, 1.807) is 6.92 Å². The summed E-state index contributed by atoms with van der Waals surface area (Å²) in [5.74, 6) is -2.57. The molecule has 3 aromatic carbocycles. The first kappa shape index (κ1) is 23.9. The number of nitrogens with one attached hydrogen (secondary N) is 1. The van der Waals surface area contributed by atoms with E-state index >= 15 is 0 Å². The largest absolute Gasteiger partial charge is 0.481 e. The molecule has 8 heteroatoms. The number of amides is 2. The van der Waals surface area contributed by atoms with E-state index < -0.39 is 23.8 Å². The molecule has 0 aliphatic heterocycles. The lowest BCUT2D eigenvalue weighted by atomic mass is 9.98. The van der Waals surface area contributed by atoms with Gasteiger partial charge in [0.05, 0.1) is 12.0 Å². The van der Waals surface area contributed by atoms with Crippen molar-refractivity contribution in [2.45, 2.75) is 19.3 Å². The third-order valence-corrected chi connectivity index (χ3v) is 6.05. The molecule has 0 heterocycles. The quantitative estimate of drug-likeness (QED) is 0.470. The zero-order chi connectivity index (χ0) is 24.9. The number of nitrogens with zero attached hydrogens (tertiary/aromatic N) is 1. The second kappa shape index (κ2) is 10.4. The zero-order valence-electron chi connectivity index (χ0n) is 19.2. The second-order valence-electron chi connectivity index (χ2n) is 8.17. The molecule has 1 aliphatic rings. The smallest absolute Gasteiger partial charge is 0.411 e. The van der Waals surface area contributed by atoms with Crippen molar-refractivity contribution >= 4 is 23.7 Å². The zero-order valence-corrected chi connectivity index (χ0v) is 19.2. The highest BCUT2D eigenvalue weighted by Crippen LogP contribution is 2.44. The van der Waals surface area contributed by atoms with Gasteiger partial charge in [-0.15, -0.1) is 0 Å². The topological polar surface area (TPSA) is 95.9 Å². The van der Waals surface area contributed by atoms with Crippen LogP contribution in [0.1, 0.15) is 40.7 Å². The Hall–Kier alpha value is -4.20. The van der Waals surface area contributed by atoms with Crippen molar-refractivity contribution in [2.75, 3.05) is 25.0 Å². The lowest BCUT2D eigenvalue weighted by molar-refractivity contribution is -0.137. The van der Waals surface area contributed by atoms with E-state index in [2.05, 4.69) is 5.32 Å². The summed E-state index contributed by atoms with van der Waals surface area (Å²) in [4.78, 5) is 37.1. The summed E-state index contributed by atoms with van der Waals surface area (Å²) in [5, 5.41) is 11.3. The van der Waals surface area contributed by atoms with Crippen LogP contribution in [0.5, 0.6) is 0 Å². The lowest BCUT2D eigenvalue weighted by Crippen LogP contribution is -2.33. The number of carbonyl (C=O) groups excluding carboxylic acids is 2. The molecular formula is C27H25FN2O5. The molecule has 0 fully saturated rings. The number of carboxylic acids is 1. The van der Waals surface area contributed by atoms with Gasteiger partial charge >= 0.3 is 12.1 Å². The van der Waals surface area contributed by atoms with Gasteiger partial charge in [0.2, 0.25) is 0 Å². The number of carbonyl (C=O) groups is 3. The Labute approximate surface area is 202 Å². The van der Waals surface area contributed by atoms with Crippen LogP contribution in [0.4, 0.5) is 14.9 Å². The number of anilines is 1. The van der Waals surface area contributed by atoms with E-state index in [1.807, 2.05) is 48.5 Å². The van der Waals surface area contributed by atoms with E-state index in [1.165, 1.54) is 17.0 Å². The monoisotopic (exact) mass is 476 g/mol. The number of rotatable bonds is 8. The Balaban J connectivity index is 1.40. The predicted molar refractivity (Wildman–Crippen MR) is 129 cm³/mol. The van der Waals surface area contributed by atoms with Crippen molar-refractivity contribution < 1.29 is 28.6 Å². The van der Waals surface area contributed by atoms with Crippen molar-refractivity contribution in [2.24, 2.45) is 0 Å². The van der Waals surface area contributed by atoms with Crippen LogP contribution in [0.15, 0.2) is 66.7 Å². The molecular weight excluding hydrogens is 451 g/mol. The standard InChI is InChI=1S/C27H25FN2O5/c1-2-30(14-13-25(31)32)26(33)22-12-11-17(15-24(22)28)29-27(34)35-16-23-20-9-5-3-7-18(20)19-8-4-6-10-21(19)23/h3-12,15,23H,2,13-14,16H2,1H3,(H,29,34)(H,31,32). The Morgan fingerprint density at radius 1 is 1.00 bits per heavy atom. The summed E-state index contributed by atoms with van der Waals surface area (Å²) in [6.45, 7) is 2.02. The molecule has 0 saturated carbocycles. The SMILES string of the molecule is CCN(CCC(=O)O)C(=O)c1ccc(NC(=O)OCC2c3ccccc3-c3ccccc32)cc1F. The Morgan fingerprint density at radius 3 is 2.20 bits per heavy atom. The molecule has 180 valence electrons. The number of carboxylic acid groups (broad SMARTS) is 1. The molecule has 1 aliphatic carbocycles.